The van der Waals surface area contributed by atoms with Crippen molar-refractivity contribution in [3.63, 3.8) is 0 Å². The summed E-state index contributed by atoms with van der Waals surface area (Å²) in [5.74, 6) is 1.31. The standard InChI is InChI=1S/C38H70O3Si3/c1-4-5-6-7-8-9-10-11-12-13-17-24-37(33-42-29-20-18-27-39-42)38(3)35(2)25-31-44(41-38,34-43-30-21-19-28-40-43)32-26-36-22-15-14-16-23-36/h14-16,22-23,35,37,42-43H,4-13,17-21,24-34H2,1-3H3. The molecule has 0 spiro atoms. The van der Waals surface area contributed by atoms with Crippen LogP contribution in [0.1, 0.15) is 135 Å². The summed E-state index contributed by atoms with van der Waals surface area (Å²) in [6.07, 6.45) is 24.9. The Kier molecular flexibility index (Phi) is 16.8. The van der Waals surface area contributed by atoms with Crippen molar-refractivity contribution in [1.29, 1.82) is 0 Å². The molecular weight excluding hydrogens is 589 g/mol. The first-order valence-electron chi connectivity index (χ1n) is 19.5. The Balaban J connectivity index is 1.40. The molecule has 0 saturated carbocycles. The number of rotatable bonds is 20. The number of hydrogen-bond donors (Lipinski definition) is 0. The van der Waals surface area contributed by atoms with Gasteiger partial charge in [-0.3, -0.25) is 0 Å². The largest absolute Gasteiger partial charge is 0.420 e. The third kappa shape index (κ3) is 12.1. The van der Waals surface area contributed by atoms with Crippen LogP contribution < -0.4 is 0 Å². The van der Waals surface area contributed by atoms with E-state index in [1.165, 1.54) is 157 Å². The molecule has 0 radical (unpaired) electrons. The summed E-state index contributed by atoms with van der Waals surface area (Å²) >= 11 is 0. The van der Waals surface area contributed by atoms with Crippen LogP contribution in [0.4, 0.5) is 0 Å². The Morgan fingerprint density at radius 2 is 1.43 bits per heavy atom. The van der Waals surface area contributed by atoms with Gasteiger partial charge in [0.25, 0.3) is 0 Å². The highest BCUT2D eigenvalue weighted by molar-refractivity contribution is 6.84. The normalized spacial score (nSPS) is 30.3. The summed E-state index contributed by atoms with van der Waals surface area (Å²) in [5.41, 5.74) is 2.86. The van der Waals surface area contributed by atoms with Crippen molar-refractivity contribution >= 4 is 26.4 Å². The lowest BCUT2D eigenvalue weighted by molar-refractivity contribution is -0.0473. The minimum absolute atomic E-state index is 0.0104. The summed E-state index contributed by atoms with van der Waals surface area (Å²) in [5, 5.41) is 0. The Morgan fingerprint density at radius 3 is 2.05 bits per heavy atom. The summed E-state index contributed by atoms with van der Waals surface area (Å²) in [6, 6.07) is 18.0. The summed E-state index contributed by atoms with van der Waals surface area (Å²) in [6.45, 7) is 9.48. The van der Waals surface area contributed by atoms with Crippen molar-refractivity contribution in [3.05, 3.63) is 35.9 Å². The quantitative estimate of drug-likeness (QED) is 0.103. The molecule has 0 aromatic heterocycles. The molecule has 6 unspecified atom stereocenters. The molecule has 0 amide bonds. The zero-order valence-corrected chi connectivity index (χ0v) is 32.6. The molecule has 3 heterocycles. The van der Waals surface area contributed by atoms with E-state index in [1.54, 1.807) is 0 Å². The Bertz CT molecular complexity index is 875. The summed E-state index contributed by atoms with van der Waals surface area (Å²) in [4.78, 5) is 0. The SMILES string of the molecule is CCCCCCCCCCCCCC(C[SiH]1CCCCO1)C1(C)O[Si](CCc2ccccc2)(C[SiH]2CCCCO2)CCC1C. The molecule has 3 fully saturated rings. The third-order valence-corrected chi connectivity index (χ3v) is 24.5. The topological polar surface area (TPSA) is 27.7 Å². The van der Waals surface area contributed by atoms with Crippen LogP contribution in [0.2, 0.25) is 35.9 Å². The van der Waals surface area contributed by atoms with Crippen LogP contribution in [-0.4, -0.2) is 45.2 Å². The summed E-state index contributed by atoms with van der Waals surface area (Å²) in [7, 11) is -4.24. The van der Waals surface area contributed by atoms with Gasteiger partial charge in [0.05, 0.1) is 5.60 Å². The molecule has 44 heavy (non-hydrogen) atoms. The maximum atomic E-state index is 7.91. The zero-order valence-electron chi connectivity index (χ0n) is 29.3. The minimum Gasteiger partial charge on any atom is -0.420 e. The van der Waals surface area contributed by atoms with Crippen LogP contribution in [0, 0.1) is 11.8 Å². The zero-order chi connectivity index (χ0) is 30.9. The fraction of sp³-hybridized carbons (Fsp3) is 0.842. The van der Waals surface area contributed by atoms with Crippen LogP contribution in [0.3, 0.4) is 0 Å². The fourth-order valence-electron chi connectivity index (χ4n) is 8.70. The van der Waals surface area contributed by atoms with Crippen LogP contribution in [-0.2, 0) is 19.7 Å². The molecule has 252 valence electrons. The average Bonchev–Trinajstić information content (AvgIpc) is 3.05. The van der Waals surface area contributed by atoms with Gasteiger partial charge in [-0.25, -0.2) is 0 Å². The smallest absolute Gasteiger partial charge is 0.193 e. The number of unbranched alkanes of at least 4 members (excludes halogenated alkanes) is 10. The van der Waals surface area contributed by atoms with Gasteiger partial charge in [0.2, 0.25) is 0 Å². The molecule has 6 atom stereocenters. The molecule has 3 saturated heterocycles. The van der Waals surface area contributed by atoms with Gasteiger partial charge in [0, 0.05) is 13.2 Å². The van der Waals surface area contributed by atoms with E-state index >= 15 is 0 Å². The number of benzene rings is 1. The van der Waals surface area contributed by atoms with Gasteiger partial charge in [-0.15, -0.1) is 0 Å². The summed E-state index contributed by atoms with van der Waals surface area (Å²) < 4.78 is 21.0. The molecule has 1 aromatic rings. The second-order valence-electron chi connectivity index (χ2n) is 15.3. The molecule has 0 bridgehead atoms. The lowest BCUT2D eigenvalue weighted by atomic mass is 9.76. The highest BCUT2D eigenvalue weighted by Gasteiger charge is 2.53. The van der Waals surface area contributed by atoms with E-state index in [2.05, 4.69) is 51.1 Å². The molecule has 3 aliphatic heterocycles. The monoisotopic (exact) mass is 658 g/mol. The highest BCUT2D eigenvalue weighted by Crippen LogP contribution is 2.49. The second kappa shape index (κ2) is 20.2. The van der Waals surface area contributed by atoms with E-state index in [0.29, 0.717) is 11.8 Å². The van der Waals surface area contributed by atoms with Crippen LogP contribution in [0.15, 0.2) is 30.3 Å². The van der Waals surface area contributed by atoms with Gasteiger partial charge in [-0.1, -0.05) is 128 Å². The Morgan fingerprint density at radius 1 is 0.818 bits per heavy atom. The van der Waals surface area contributed by atoms with Gasteiger partial charge in [0.15, 0.2) is 26.4 Å². The predicted molar refractivity (Wildman–Crippen MR) is 197 cm³/mol. The van der Waals surface area contributed by atoms with Crippen LogP contribution in [0.5, 0.6) is 0 Å². The first-order chi connectivity index (χ1) is 21.5. The molecule has 0 aliphatic carbocycles. The molecule has 0 N–H and O–H groups in total. The van der Waals surface area contributed by atoms with Crippen molar-refractivity contribution in [2.24, 2.45) is 11.8 Å². The van der Waals surface area contributed by atoms with Crippen LogP contribution in [0.25, 0.3) is 0 Å². The molecular formula is C38H70O3Si3. The number of hydrogen-bond acceptors (Lipinski definition) is 3. The Labute approximate surface area is 277 Å². The van der Waals surface area contributed by atoms with E-state index in [1.807, 2.05) is 0 Å². The first-order valence-corrected chi connectivity index (χ1v) is 26.2. The van der Waals surface area contributed by atoms with Gasteiger partial charge in [0.1, 0.15) is 0 Å². The van der Waals surface area contributed by atoms with Gasteiger partial charge in [-0.05, 0) is 92.3 Å². The van der Waals surface area contributed by atoms with Crippen molar-refractivity contribution < 1.29 is 13.3 Å². The van der Waals surface area contributed by atoms with E-state index in [4.69, 9.17) is 13.3 Å². The van der Waals surface area contributed by atoms with Crippen molar-refractivity contribution in [2.45, 2.75) is 178 Å². The lowest BCUT2D eigenvalue weighted by Crippen LogP contribution is -2.59. The highest BCUT2D eigenvalue weighted by atomic mass is 28.4. The lowest BCUT2D eigenvalue weighted by Gasteiger charge is -2.54. The van der Waals surface area contributed by atoms with Crippen molar-refractivity contribution in [3.8, 4) is 0 Å². The molecule has 3 aliphatic rings. The van der Waals surface area contributed by atoms with Gasteiger partial charge >= 0.3 is 0 Å². The molecule has 3 nitrogen and oxygen atoms in total. The maximum absolute atomic E-state index is 7.91. The molecule has 1 aromatic carbocycles. The molecule has 4 rings (SSSR count). The van der Waals surface area contributed by atoms with Gasteiger partial charge < -0.3 is 13.3 Å². The second-order valence-corrected chi connectivity index (χ2v) is 25.3. The predicted octanol–water partition coefficient (Wildman–Crippen LogP) is 10.9. The van der Waals surface area contributed by atoms with Crippen LogP contribution >= 0.6 is 0 Å². The third-order valence-electron chi connectivity index (χ3n) is 11.8. The van der Waals surface area contributed by atoms with E-state index < -0.39 is 26.4 Å². The Hall–Kier alpha value is -0.249. The average molecular weight is 659 g/mol. The number of aryl methyl sites for hydroxylation is 1. The molecule has 6 heteroatoms. The maximum Gasteiger partial charge on any atom is 0.193 e. The van der Waals surface area contributed by atoms with Crippen molar-refractivity contribution in [1.82, 2.24) is 0 Å². The minimum atomic E-state index is -1.93. The van der Waals surface area contributed by atoms with Gasteiger partial charge in [-0.2, -0.15) is 0 Å². The first kappa shape index (κ1) is 36.6. The van der Waals surface area contributed by atoms with Crippen molar-refractivity contribution in [2.75, 3.05) is 13.2 Å². The van der Waals surface area contributed by atoms with E-state index in [9.17, 15) is 0 Å². The van der Waals surface area contributed by atoms with E-state index in [0.717, 1.165) is 13.2 Å². The van der Waals surface area contributed by atoms with E-state index in [-0.39, 0.29) is 5.60 Å². The fourth-order valence-corrected chi connectivity index (χ4v) is 23.3.